The lowest BCUT2D eigenvalue weighted by molar-refractivity contribution is -0.134. The van der Waals surface area contributed by atoms with E-state index in [1.807, 2.05) is 0 Å². The highest BCUT2D eigenvalue weighted by Crippen LogP contribution is 2.33. The van der Waals surface area contributed by atoms with E-state index < -0.39 is 23.7 Å². The van der Waals surface area contributed by atoms with Crippen molar-refractivity contribution in [2.75, 3.05) is 20.3 Å². The largest absolute Gasteiger partial charge is 0.383 e. The van der Waals surface area contributed by atoms with E-state index in [2.05, 4.69) is 0 Å². The molecule has 21 heavy (non-hydrogen) atoms. The Bertz CT molecular complexity index is 490. The van der Waals surface area contributed by atoms with Gasteiger partial charge in [-0.15, -0.1) is 0 Å². The Hall–Kier alpha value is -1.53. The molecule has 1 fully saturated rings. The third-order valence-electron chi connectivity index (χ3n) is 3.82. The molecule has 2 N–H and O–H groups in total. The minimum Gasteiger partial charge on any atom is -0.383 e. The molecule has 1 aliphatic rings. The number of nitrogens with zero attached hydrogens (tertiary/aromatic N) is 1. The van der Waals surface area contributed by atoms with Gasteiger partial charge in [-0.25, -0.2) is 8.78 Å². The minimum absolute atomic E-state index is 0.128. The molecule has 0 radical (unpaired) electrons. The van der Waals surface area contributed by atoms with Crippen LogP contribution in [0.5, 0.6) is 0 Å². The van der Waals surface area contributed by atoms with Crippen LogP contribution >= 0.6 is 0 Å². The third kappa shape index (κ3) is 3.39. The molecule has 116 valence electrons. The second-order valence-electron chi connectivity index (χ2n) is 5.22. The number of carbonyl (C=O) groups excluding carboxylic acids is 1. The molecule has 0 bridgehead atoms. The topological polar surface area (TPSA) is 55.6 Å². The van der Waals surface area contributed by atoms with Crippen LogP contribution < -0.4 is 5.73 Å². The Morgan fingerprint density at radius 1 is 1.38 bits per heavy atom. The van der Waals surface area contributed by atoms with E-state index in [1.54, 1.807) is 0 Å². The first kappa shape index (κ1) is 15.9. The molecule has 0 saturated carbocycles. The highest BCUT2D eigenvalue weighted by Gasteiger charge is 2.35. The lowest BCUT2D eigenvalue weighted by Crippen LogP contribution is -2.44. The van der Waals surface area contributed by atoms with Gasteiger partial charge in [0.25, 0.3) is 0 Å². The van der Waals surface area contributed by atoms with Crippen LogP contribution in [0.3, 0.4) is 0 Å². The molecule has 0 spiro atoms. The van der Waals surface area contributed by atoms with E-state index >= 15 is 0 Å². The van der Waals surface area contributed by atoms with E-state index in [9.17, 15) is 13.6 Å². The average molecular weight is 298 g/mol. The van der Waals surface area contributed by atoms with Gasteiger partial charge < -0.3 is 15.4 Å². The van der Waals surface area contributed by atoms with Crippen molar-refractivity contribution in [2.24, 2.45) is 5.73 Å². The van der Waals surface area contributed by atoms with E-state index in [4.69, 9.17) is 10.5 Å². The van der Waals surface area contributed by atoms with Crippen LogP contribution in [-0.4, -0.2) is 37.1 Å². The second kappa shape index (κ2) is 6.95. The zero-order valence-electron chi connectivity index (χ0n) is 12.0. The van der Waals surface area contributed by atoms with E-state index in [0.29, 0.717) is 25.9 Å². The van der Waals surface area contributed by atoms with Crippen molar-refractivity contribution in [2.45, 2.75) is 31.3 Å². The first-order chi connectivity index (χ1) is 10.1. The fraction of sp³-hybridized carbons (Fsp3) is 0.533. The maximum Gasteiger partial charge on any atom is 0.223 e. The number of hydrogen-bond acceptors (Lipinski definition) is 3. The molecule has 1 amide bonds. The molecule has 0 aromatic heterocycles. The summed E-state index contributed by atoms with van der Waals surface area (Å²) in [5.41, 5.74) is 5.98. The molecule has 2 rings (SSSR count). The summed E-state index contributed by atoms with van der Waals surface area (Å²) < 4.78 is 33.2. The number of halogens is 2. The summed E-state index contributed by atoms with van der Waals surface area (Å²) in [6, 6.07) is 2.39. The summed E-state index contributed by atoms with van der Waals surface area (Å²) in [5.74, 6) is -1.49. The summed E-state index contributed by atoms with van der Waals surface area (Å²) in [6.45, 7) is 0.562. The Kier molecular flexibility index (Phi) is 5.25. The predicted octanol–water partition coefficient (Wildman–Crippen LogP) is 1.99. The average Bonchev–Trinajstić information content (AvgIpc) is 2.57. The molecule has 1 aromatic rings. The van der Waals surface area contributed by atoms with E-state index in [0.717, 1.165) is 0 Å². The summed E-state index contributed by atoms with van der Waals surface area (Å²) in [4.78, 5) is 13.7. The van der Waals surface area contributed by atoms with Crippen molar-refractivity contribution in [1.82, 2.24) is 4.90 Å². The van der Waals surface area contributed by atoms with Gasteiger partial charge in [0.1, 0.15) is 11.6 Å². The van der Waals surface area contributed by atoms with Crippen LogP contribution in [-0.2, 0) is 9.53 Å². The number of likely N-dealkylation sites (tertiary alicyclic amines) is 1. The number of nitrogens with two attached hydrogens (primary N) is 1. The first-order valence-corrected chi connectivity index (χ1v) is 7.04. The Morgan fingerprint density at radius 2 is 2.05 bits per heavy atom. The molecule has 6 heteroatoms. The highest BCUT2D eigenvalue weighted by molar-refractivity contribution is 5.77. The van der Waals surface area contributed by atoms with Gasteiger partial charge in [-0.2, -0.15) is 0 Å². The van der Waals surface area contributed by atoms with Crippen molar-refractivity contribution in [3.63, 3.8) is 0 Å². The number of ether oxygens (including phenoxy) is 1. The van der Waals surface area contributed by atoms with Crippen LogP contribution in [0.2, 0.25) is 0 Å². The van der Waals surface area contributed by atoms with Crippen LogP contribution in [0.4, 0.5) is 8.78 Å². The molecule has 1 aliphatic heterocycles. The van der Waals surface area contributed by atoms with Crippen molar-refractivity contribution in [3.8, 4) is 0 Å². The number of amides is 1. The van der Waals surface area contributed by atoms with Crippen molar-refractivity contribution in [1.29, 1.82) is 0 Å². The first-order valence-electron chi connectivity index (χ1n) is 7.04. The van der Waals surface area contributed by atoms with Gasteiger partial charge in [0.15, 0.2) is 0 Å². The smallest absolute Gasteiger partial charge is 0.223 e. The number of benzene rings is 1. The molecule has 1 aromatic carbocycles. The number of rotatable bonds is 4. The van der Waals surface area contributed by atoms with Gasteiger partial charge in [0.05, 0.1) is 12.6 Å². The lowest BCUT2D eigenvalue weighted by atomic mass is 9.95. The van der Waals surface area contributed by atoms with Gasteiger partial charge in [0, 0.05) is 31.7 Å². The number of methoxy groups -OCH3 is 1. The zero-order valence-corrected chi connectivity index (χ0v) is 12.0. The van der Waals surface area contributed by atoms with Gasteiger partial charge in [-0.05, 0) is 25.0 Å². The minimum atomic E-state index is -0.795. The molecule has 4 nitrogen and oxygen atoms in total. The Labute approximate surface area is 122 Å². The van der Waals surface area contributed by atoms with Crippen molar-refractivity contribution < 1.29 is 18.3 Å². The Balaban J connectivity index is 2.44. The van der Waals surface area contributed by atoms with Crippen LogP contribution in [0.15, 0.2) is 18.2 Å². The summed E-state index contributed by atoms with van der Waals surface area (Å²) in [7, 11) is 1.51. The fourth-order valence-corrected chi connectivity index (χ4v) is 2.79. The molecule has 1 heterocycles. The molecule has 2 unspecified atom stereocenters. The molecule has 0 aliphatic carbocycles. The van der Waals surface area contributed by atoms with Crippen LogP contribution in [0.1, 0.15) is 30.9 Å². The summed E-state index contributed by atoms with van der Waals surface area (Å²) in [5, 5.41) is 0. The van der Waals surface area contributed by atoms with E-state index in [1.165, 1.54) is 30.2 Å². The van der Waals surface area contributed by atoms with Crippen LogP contribution in [0.25, 0.3) is 0 Å². The van der Waals surface area contributed by atoms with Gasteiger partial charge in [-0.3, -0.25) is 4.79 Å². The maximum atomic E-state index is 14.1. The highest BCUT2D eigenvalue weighted by atomic mass is 19.1. The second-order valence-corrected chi connectivity index (χ2v) is 5.22. The molecule has 1 saturated heterocycles. The normalized spacial score (nSPS) is 23.2. The number of hydrogen-bond donors (Lipinski definition) is 1. The Morgan fingerprint density at radius 3 is 2.67 bits per heavy atom. The molecular formula is C15H20F2N2O2. The quantitative estimate of drug-likeness (QED) is 0.925. The number of carbonyl (C=O) groups is 1. The van der Waals surface area contributed by atoms with E-state index in [-0.39, 0.29) is 18.0 Å². The SMILES string of the molecule is COCCN1C(=O)CCCC(N)C1c1c(F)cccc1F. The van der Waals surface area contributed by atoms with Gasteiger partial charge in [-0.1, -0.05) is 6.07 Å². The third-order valence-corrected chi connectivity index (χ3v) is 3.82. The molecular weight excluding hydrogens is 278 g/mol. The maximum absolute atomic E-state index is 14.1. The zero-order chi connectivity index (χ0) is 15.4. The molecule has 2 atom stereocenters. The fourth-order valence-electron chi connectivity index (χ4n) is 2.79. The van der Waals surface area contributed by atoms with Gasteiger partial charge in [0.2, 0.25) is 5.91 Å². The van der Waals surface area contributed by atoms with Gasteiger partial charge >= 0.3 is 0 Å². The predicted molar refractivity (Wildman–Crippen MR) is 74.5 cm³/mol. The lowest BCUT2D eigenvalue weighted by Gasteiger charge is -2.34. The summed E-state index contributed by atoms with van der Waals surface area (Å²) >= 11 is 0. The van der Waals surface area contributed by atoms with Crippen LogP contribution in [0, 0.1) is 11.6 Å². The standard InChI is InChI=1S/C15H20F2N2O2/c1-21-9-8-19-13(20)7-3-6-12(18)15(19)14-10(16)4-2-5-11(14)17/h2,4-5,12,15H,3,6-9,18H2,1H3. The van der Waals surface area contributed by atoms with Crippen molar-refractivity contribution >= 4 is 5.91 Å². The monoisotopic (exact) mass is 298 g/mol. The van der Waals surface area contributed by atoms with Crippen molar-refractivity contribution in [3.05, 3.63) is 35.4 Å². The summed E-state index contributed by atoms with van der Waals surface area (Å²) in [6.07, 6.45) is 1.51.